The third kappa shape index (κ3) is 5.73. The summed E-state index contributed by atoms with van der Waals surface area (Å²) < 4.78 is 12.8. The zero-order chi connectivity index (χ0) is 14.6. The molecule has 0 aromatic heterocycles. The van der Waals surface area contributed by atoms with Crippen molar-refractivity contribution < 1.29 is 14.3 Å². The summed E-state index contributed by atoms with van der Waals surface area (Å²) in [7, 11) is 0. The number of carbonyl (C=O) groups excluding carboxylic acids is 1. The number of carbonyl (C=O) groups is 1. The molecule has 0 spiro atoms. The maximum atomic E-state index is 12.8. The van der Waals surface area contributed by atoms with Gasteiger partial charge in [-0.05, 0) is 57.0 Å². The Morgan fingerprint density at radius 1 is 1.29 bits per heavy atom. The summed E-state index contributed by atoms with van der Waals surface area (Å²) in [5.41, 5.74) is 0.0495. The molecular formula is C16H23ClFNO2. The van der Waals surface area contributed by atoms with Crippen molar-refractivity contribution in [2.75, 3.05) is 19.6 Å². The summed E-state index contributed by atoms with van der Waals surface area (Å²) in [6.45, 7) is 4.53. The van der Waals surface area contributed by atoms with Gasteiger partial charge in [-0.1, -0.05) is 0 Å². The first-order chi connectivity index (χ1) is 9.46. The molecule has 3 nitrogen and oxygen atoms in total. The molecule has 0 bridgehead atoms. The standard InChI is InChI=1S/C16H22FNO2.ClH/c1-16(20)8-11-18(12-9-16)10-2-3-15(19)13-4-6-14(17)7-5-13;/h4-7,20H,2-3,8-12H2,1H3;1H. The minimum Gasteiger partial charge on any atom is -0.390 e. The summed E-state index contributed by atoms with van der Waals surface area (Å²) in [5, 5.41) is 9.87. The molecule has 0 radical (unpaired) electrons. The quantitative estimate of drug-likeness (QED) is 0.849. The first-order valence-corrected chi connectivity index (χ1v) is 7.20. The number of hydrogen-bond donors (Lipinski definition) is 1. The summed E-state index contributed by atoms with van der Waals surface area (Å²) in [6, 6.07) is 5.71. The van der Waals surface area contributed by atoms with Crippen LogP contribution in [0, 0.1) is 5.82 Å². The molecule has 2 rings (SSSR count). The topological polar surface area (TPSA) is 40.5 Å². The van der Waals surface area contributed by atoms with Crippen molar-refractivity contribution in [3.8, 4) is 0 Å². The normalized spacial score (nSPS) is 18.0. The molecule has 0 unspecified atom stereocenters. The average Bonchev–Trinajstić information content (AvgIpc) is 2.41. The van der Waals surface area contributed by atoms with E-state index in [4.69, 9.17) is 0 Å². The van der Waals surface area contributed by atoms with Crippen molar-refractivity contribution in [3.63, 3.8) is 0 Å². The molecule has 118 valence electrons. The van der Waals surface area contributed by atoms with Crippen LogP contribution in [0.25, 0.3) is 0 Å². The molecule has 1 saturated heterocycles. The van der Waals surface area contributed by atoms with E-state index in [2.05, 4.69) is 4.90 Å². The Hall–Kier alpha value is -0.970. The number of rotatable bonds is 5. The number of halogens is 2. The molecule has 5 heteroatoms. The number of ketones is 1. The highest BCUT2D eigenvalue weighted by molar-refractivity contribution is 5.95. The molecule has 1 aromatic carbocycles. The largest absolute Gasteiger partial charge is 0.390 e. The van der Waals surface area contributed by atoms with Gasteiger partial charge >= 0.3 is 0 Å². The lowest BCUT2D eigenvalue weighted by Gasteiger charge is -2.35. The van der Waals surface area contributed by atoms with Gasteiger partial charge in [0.25, 0.3) is 0 Å². The predicted octanol–water partition coefficient (Wildman–Crippen LogP) is 3.06. The lowest BCUT2D eigenvalue weighted by molar-refractivity contribution is -0.00550. The maximum absolute atomic E-state index is 12.8. The second-order valence-electron chi connectivity index (χ2n) is 5.87. The van der Waals surface area contributed by atoms with Crippen molar-refractivity contribution in [2.24, 2.45) is 0 Å². The van der Waals surface area contributed by atoms with Gasteiger partial charge in [0.15, 0.2) is 5.78 Å². The van der Waals surface area contributed by atoms with Crippen LogP contribution in [0.4, 0.5) is 4.39 Å². The van der Waals surface area contributed by atoms with Gasteiger partial charge in [-0.15, -0.1) is 12.4 Å². The number of Topliss-reactive ketones (excluding diaryl/α,β-unsaturated/α-hetero) is 1. The SMILES string of the molecule is CC1(O)CCN(CCCC(=O)c2ccc(F)cc2)CC1.Cl. The molecule has 1 aromatic rings. The molecule has 1 aliphatic rings. The summed E-state index contributed by atoms with van der Waals surface area (Å²) >= 11 is 0. The van der Waals surface area contributed by atoms with E-state index in [9.17, 15) is 14.3 Å². The van der Waals surface area contributed by atoms with Crippen LogP contribution in [-0.4, -0.2) is 41.0 Å². The highest BCUT2D eigenvalue weighted by Crippen LogP contribution is 2.21. The minimum absolute atomic E-state index is 0. The Labute approximate surface area is 131 Å². The van der Waals surface area contributed by atoms with Crippen LogP contribution < -0.4 is 0 Å². The van der Waals surface area contributed by atoms with Crippen LogP contribution >= 0.6 is 12.4 Å². The Morgan fingerprint density at radius 2 is 1.86 bits per heavy atom. The average molecular weight is 316 g/mol. The van der Waals surface area contributed by atoms with Crippen LogP contribution in [0.3, 0.4) is 0 Å². The molecule has 1 aliphatic heterocycles. The summed E-state index contributed by atoms with van der Waals surface area (Å²) in [4.78, 5) is 14.2. The van der Waals surface area contributed by atoms with Gasteiger partial charge in [0.2, 0.25) is 0 Å². The first kappa shape index (κ1) is 18.1. The van der Waals surface area contributed by atoms with Crippen LogP contribution in [-0.2, 0) is 0 Å². The Morgan fingerprint density at radius 3 is 2.43 bits per heavy atom. The number of aliphatic hydroxyl groups is 1. The van der Waals surface area contributed by atoms with Gasteiger partial charge in [-0.25, -0.2) is 4.39 Å². The highest BCUT2D eigenvalue weighted by Gasteiger charge is 2.26. The molecule has 0 saturated carbocycles. The Bertz CT molecular complexity index is 452. The number of nitrogens with zero attached hydrogens (tertiary/aromatic N) is 1. The third-order valence-electron chi connectivity index (χ3n) is 3.98. The van der Waals surface area contributed by atoms with E-state index >= 15 is 0 Å². The molecule has 0 aliphatic carbocycles. The third-order valence-corrected chi connectivity index (χ3v) is 3.98. The van der Waals surface area contributed by atoms with E-state index < -0.39 is 5.60 Å². The fraction of sp³-hybridized carbons (Fsp3) is 0.562. The minimum atomic E-state index is -0.527. The van der Waals surface area contributed by atoms with Crippen LogP contribution in [0.5, 0.6) is 0 Å². The van der Waals surface area contributed by atoms with E-state index in [-0.39, 0.29) is 24.0 Å². The molecule has 0 amide bonds. The molecule has 1 heterocycles. The van der Waals surface area contributed by atoms with Crippen molar-refractivity contribution in [1.29, 1.82) is 0 Å². The van der Waals surface area contributed by atoms with Gasteiger partial charge in [0.1, 0.15) is 5.82 Å². The maximum Gasteiger partial charge on any atom is 0.162 e. The fourth-order valence-electron chi connectivity index (χ4n) is 2.50. The highest BCUT2D eigenvalue weighted by atomic mass is 35.5. The number of piperidine rings is 1. The lowest BCUT2D eigenvalue weighted by atomic mass is 9.93. The lowest BCUT2D eigenvalue weighted by Crippen LogP contribution is -2.42. The fourth-order valence-corrected chi connectivity index (χ4v) is 2.50. The smallest absolute Gasteiger partial charge is 0.162 e. The molecule has 21 heavy (non-hydrogen) atoms. The van der Waals surface area contributed by atoms with Gasteiger partial charge < -0.3 is 10.0 Å². The van der Waals surface area contributed by atoms with Crippen LogP contribution in [0.2, 0.25) is 0 Å². The van der Waals surface area contributed by atoms with Crippen LogP contribution in [0.1, 0.15) is 43.0 Å². The second-order valence-corrected chi connectivity index (χ2v) is 5.87. The monoisotopic (exact) mass is 315 g/mol. The van der Waals surface area contributed by atoms with Crippen molar-refractivity contribution in [2.45, 2.75) is 38.2 Å². The zero-order valence-corrected chi connectivity index (χ0v) is 13.2. The van der Waals surface area contributed by atoms with Gasteiger partial charge in [-0.3, -0.25) is 4.79 Å². The van der Waals surface area contributed by atoms with Crippen molar-refractivity contribution in [3.05, 3.63) is 35.6 Å². The van der Waals surface area contributed by atoms with E-state index in [1.165, 1.54) is 24.3 Å². The number of likely N-dealkylation sites (tertiary alicyclic amines) is 1. The molecule has 1 N–H and O–H groups in total. The predicted molar refractivity (Wildman–Crippen MR) is 83.5 cm³/mol. The summed E-state index contributed by atoms with van der Waals surface area (Å²) in [5.74, 6) is -0.254. The van der Waals surface area contributed by atoms with E-state index in [0.29, 0.717) is 12.0 Å². The first-order valence-electron chi connectivity index (χ1n) is 7.20. The number of benzene rings is 1. The van der Waals surface area contributed by atoms with Gasteiger partial charge in [0, 0.05) is 25.1 Å². The second kappa shape index (κ2) is 7.87. The zero-order valence-electron chi connectivity index (χ0n) is 12.3. The van der Waals surface area contributed by atoms with Gasteiger partial charge in [-0.2, -0.15) is 0 Å². The summed E-state index contributed by atoms with van der Waals surface area (Å²) in [6.07, 6.45) is 2.87. The van der Waals surface area contributed by atoms with E-state index in [1.807, 2.05) is 6.92 Å². The molecule has 1 fully saturated rings. The Balaban J connectivity index is 0.00000220. The molecule has 0 atom stereocenters. The van der Waals surface area contributed by atoms with Crippen molar-refractivity contribution in [1.82, 2.24) is 4.90 Å². The Kier molecular flexibility index (Phi) is 6.78. The van der Waals surface area contributed by atoms with Gasteiger partial charge in [0.05, 0.1) is 5.60 Å². The molecular weight excluding hydrogens is 293 g/mol. The number of hydrogen-bond acceptors (Lipinski definition) is 3. The van der Waals surface area contributed by atoms with Crippen molar-refractivity contribution >= 4 is 18.2 Å². The van der Waals surface area contributed by atoms with Crippen LogP contribution in [0.15, 0.2) is 24.3 Å². The van der Waals surface area contributed by atoms with E-state index in [1.54, 1.807) is 0 Å². The van der Waals surface area contributed by atoms with E-state index in [0.717, 1.165) is 38.9 Å².